The smallest absolute Gasteiger partial charge is 0.258 e. The van der Waals surface area contributed by atoms with E-state index in [2.05, 4.69) is 22.8 Å². The summed E-state index contributed by atoms with van der Waals surface area (Å²) >= 11 is 1.63. The number of nitrogens with one attached hydrogen (secondary N) is 1. The number of thiazole rings is 1. The molecular formula is C26H24N2O2S. The van der Waals surface area contributed by atoms with Crippen LogP contribution in [0.1, 0.15) is 16.7 Å². The number of rotatable bonds is 7. The van der Waals surface area contributed by atoms with Gasteiger partial charge >= 0.3 is 0 Å². The molecule has 0 bridgehead atoms. The van der Waals surface area contributed by atoms with Crippen LogP contribution in [0, 0.1) is 13.8 Å². The SMILES string of the molecule is Cc1cccc(OCC(=O)NCc2ccc(-c3nc(-c4ccccc4)cs3)cc2)c1C. The molecule has 5 heteroatoms. The number of benzene rings is 3. The quantitative estimate of drug-likeness (QED) is 0.405. The number of hydrogen-bond donors (Lipinski definition) is 1. The summed E-state index contributed by atoms with van der Waals surface area (Å²) in [5.41, 5.74) is 6.41. The van der Waals surface area contributed by atoms with Crippen molar-refractivity contribution in [1.82, 2.24) is 10.3 Å². The molecule has 4 rings (SSSR count). The molecule has 0 atom stereocenters. The van der Waals surface area contributed by atoms with Gasteiger partial charge in [0, 0.05) is 23.1 Å². The summed E-state index contributed by atoms with van der Waals surface area (Å²) < 4.78 is 5.66. The number of nitrogens with zero attached hydrogens (tertiary/aromatic N) is 1. The largest absolute Gasteiger partial charge is 0.483 e. The summed E-state index contributed by atoms with van der Waals surface area (Å²) in [6, 6.07) is 24.1. The molecule has 156 valence electrons. The van der Waals surface area contributed by atoms with Crippen LogP contribution in [0.4, 0.5) is 0 Å². The molecule has 0 aliphatic heterocycles. The predicted octanol–water partition coefficient (Wildman–Crippen LogP) is 5.79. The summed E-state index contributed by atoms with van der Waals surface area (Å²) in [7, 11) is 0. The van der Waals surface area contributed by atoms with Gasteiger partial charge in [-0.05, 0) is 36.6 Å². The molecule has 0 unspecified atom stereocenters. The van der Waals surface area contributed by atoms with Crippen molar-refractivity contribution in [2.75, 3.05) is 6.61 Å². The standard InChI is InChI=1S/C26H24N2O2S/c1-18-7-6-10-24(19(18)2)30-16-25(29)27-15-20-11-13-22(14-12-20)26-28-23(17-31-26)21-8-4-3-5-9-21/h3-14,17H,15-16H2,1-2H3,(H,27,29). The molecule has 1 aromatic heterocycles. The van der Waals surface area contributed by atoms with Crippen LogP contribution in [-0.2, 0) is 11.3 Å². The zero-order valence-electron chi connectivity index (χ0n) is 17.6. The highest BCUT2D eigenvalue weighted by atomic mass is 32.1. The number of hydrogen-bond acceptors (Lipinski definition) is 4. The van der Waals surface area contributed by atoms with Gasteiger partial charge in [-0.2, -0.15) is 0 Å². The summed E-state index contributed by atoms with van der Waals surface area (Å²) in [6.45, 7) is 4.49. The highest BCUT2D eigenvalue weighted by Gasteiger charge is 2.08. The second-order valence-electron chi connectivity index (χ2n) is 7.36. The molecule has 0 aliphatic carbocycles. The fourth-order valence-electron chi connectivity index (χ4n) is 3.19. The average molecular weight is 429 g/mol. The molecule has 1 heterocycles. The van der Waals surface area contributed by atoms with Crippen molar-refractivity contribution in [2.45, 2.75) is 20.4 Å². The van der Waals surface area contributed by atoms with Gasteiger partial charge in [0.1, 0.15) is 10.8 Å². The minimum absolute atomic E-state index is 0.00373. The molecule has 4 nitrogen and oxygen atoms in total. The zero-order valence-corrected chi connectivity index (χ0v) is 18.4. The molecule has 0 fully saturated rings. The molecule has 0 saturated heterocycles. The van der Waals surface area contributed by atoms with Gasteiger partial charge < -0.3 is 10.1 Å². The van der Waals surface area contributed by atoms with E-state index < -0.39 is 0 Å². The van der Waals surface area contributed by atoms with Gasteiger partial charge in [0.15, 0.2) is 6.61 Å². The van der Waals surface area contributed by atoms with Crippen molar-refractivity contribution >= 4 is 17.2 Å². The Morgan fingerprint density at radius 3 is 2.48 bits per heavy atom. The number of aromatic nitrogens is 1. The highest BCUT2D eigenvalue weighted by molar-refractivity contribution is 7.13. The van der Waals surface area contributed by atoms with Crippen LogP contribution >= 0.6 is 11.3 Å². The molecular weight excluding hydrogens is 404 g/mol. The molecule has 0 radical (unpaired) electrons. The van der Waals surface area contributed by atoms with Crippen molar-refractivity contribution in [3.8, 4) is 27.6 Å². The summed E-state index contributed by atoms with van der Waals surface area (Å²) in [6.07, 6.45) is 0. The minimum atomic E-state index is -0.141. The van der Waals surface area contributed by atoms with E-state index in [9.17, 15) is 4.79 Å². The molecule has 31 heavy (non-hydrogen) atoms. The van der Waals surface area contributed by atoms with E-state index in [0.717, 1.165) is 44.3 Å². The number of carbonyl (C=O) groups excluding carboxylic acids is 1. The van der Waals surface area contributed by atoms with Crippen molar-refractivity contribution in [1.29, 1.82) is 0 Å². The maximum Gasteiger partial charge on any atom is 0.258 e. The van der Waals surface area contributed by atoms with Crippen molar-refractivity contribution in [3.05, 3.63) is 94.9 Å². The molecule has 0 spiro atoms. The van der Waals surface area contributed by atoms with Crippen LogP contribution in [0.3, 0.4) is 0 Å². The van der Waals surface area contributed by atoms with Crippen LogP contribution in [0.15, 0.2) is 78.2 Å². The number of carbonyl (C=O) groups is 1. The Hall–Kier alpha value is -3.44. The third-order valence-corrected chi connectivity index (χ3v) is 6.07. The Labute approximate surface area is 186 Å². The van der Waals surface area contributed by atoms with E-state index in [1.165, 1.54) is 0 Å². The van der Waals surface area contributed by atoms with Gasteiger partial charge in [-0.1, -0.05) is 66.7 Å². The first-order valence-electron chi connectivity index (χ1n) is 10.2. The normalized spacial score (nSPS) is 10.6. The molecule has 1 N–H and O–H groups in total. The average Bonchev–Trinajstić information content (AvgIpc) is 3.30. The van der Waals surface area contributed by atoms with E-state index >= 15 is 0 Å². The maximum absolute atomic E-state index is 12.2. The third-order valence-electron chi connectivity index (χ3n) is 5.18. The Morgan fingerprint density at radius 1 is 0.935 bits per heavy atom. The number of amides is 1. The summed E-state index contributed by atoms with van der Waals surface area (Å²) in [5, 5.41) is 5.97. The van der Waals surface area contributed by atoms with Gasteiger partial charge in [0.2, 0.25) is 0 Å². The minimum Gasteiger partial charge on any atom is -0.483 e. The van der Waals surface area contributed by atoms with Crippen LogP contribution in [-0.4, -0.2) is 17.5 Å². The molecule has 3 aromatic carbocycles. The van der Waals surface area contributed by atoms with Crippen molar-refractivity contribution < 1.29 is 9.53 Å². The Kier molecular flexibility index (Phi) is 6.43. The van der Waals surface area contributed by atoms with Crippen LogP contribution in [0.5, 0.6) is 5.75 Å². The molecule has 0 aliphatic rings. The summed E-state index contributed by atoms with van der Waals surface area (Å²) in [5.74, 6) is 0.607. The monoisotopic (exact) mass is 428 g/mol. The van der Waals surface area contributed by atoms with E-state index in [0.29, 0.717) is 6.54 Å². The third kappa shape index (κ3) is 5.19. The van der Waals surface area contributed by atoms with Crippen molar-refractivity contribution in [3.63, 3.8) is 0 Å². The van der Waals surface area contributed by atoms with Crippen LogP contribution in [0.25, 0.3) is 21.8 Å². The highest BCUT2D eigenvalue weighted by Crippen LogP contribution is 2.29. The first kappa shape index (κ1) is 20.8. The Morgan fingerprint density at radius 2 is 1.71 bits per heavy atom. The molecule has 1 amide bonds. The lowest BCUT2D eigenvalue weighted by molar-refractivity contribution is -0.123. The Balaban J connectivity index is 1.31. The van der Waals surface area contributed by atoms with Gasteiger partial charge in [0.25, 0.3) is 5.91 Å². The van der Waals surface area contributed by atoms with Crippen LogP contribution < -0.4 is 10.1 Å². The van der Waals surface area contributed by atoms with Gasteiger partial charge in [-0.25, -0.2) is 4.98 Å². The second-order valence-corrected chi connectivity index (χ2v) is 8.22. The van der Waals surface area contributed by atoms with E-state index in [1.54, 1.807) is 11.3 Å². The predicted molar refractivity (Wildman–Crippen MR) is 126 cm³/mol. The first-order valence-corrected chi connectivity index (χ1v) is 11.0. The lowest BCUT2D eigenvalue weighted by Gasteiger charge is -2.11. The van der Waals surface area contributed by atoms with E-state index in [-0.39, 0.29) is 12.5 Å². The lowest BCUT2D eigenvalue weighted by atomic mass is 10.1. The van der Waals surface area contributed by atoms with E-state index in [4.69, 9.17) is 9.72 Å². The fourth-order valence-corrected chi connectivity index (χ4v) is 4.02. The number of aryl methyl sites for hydroxylation is 1. The van der Waals surface area contributed by atoms with E-state index in [1.807, 2.05) is 74.5 Å². The second kappa shape index (κ2) is 9.58. The molecule has 4 aromatic rings. The Bertz CT molecular complexity index is 1170. The van der Waals surface area contributed by atoms with Gasteiger partial charge in [-0.15, -0.1) is 11.3 Å². The van der Waals surface area contributed by atoms with Gasteiger partial charge in [-0.3, -0.25) is 4.79 Å². The fraction of sp³-hybridized carbons (Fsp3) is 0.154. The number of ether oxygens (including phenoxy) is 1. The topological polar surface area (TPSA) is 51.2 Å². The van der Waals surface area contributed by atoms with Crippen LogP contribution in [0.2, 0.25) is 0 Å². The van der Waals surface area contributed by atoms with Crippen molar-refractivity contribution in [2.24, 2.45) is 0 Å². The van der Waals surface area contributed by atoms with Gasteiger partial charge in [0.05, 0.1) is 5.69 Å². The maximum atomic E-state index is 12.2. The summed E-state index contributed by atoms with van der Waals surface area (Å²) in [4.78, 5) is 16.9. The molecule has 0 saturated carbocycles. The first-order chi connectivity index (χ1) is 15.1. The lowest BCUT2D eigenvalue weighted by Crippen LogP contribution is -2.28. The zero-order chi connectivity index (χ0) is 21.6.